The van der Waals surface area contributed by atoms with Gasteiger partial charge in [0.25, 0.3) is 0 Å². The van der Waals surface area contributed by atoms with E-state index < -0.39 is 21.8 Å². The van der Waals surface area contributed by atoms with Crippen LogP contribution in [0.5, 0.6) is 0 Å². The first kappa shape index (κ1) is 27.5. The molecule has 200 valence electrons. The molecule has 1 saturated heterocycles. The summed E-state index contributed by atoms with van der Waals surface area (Å²) in [5.41, 5.74) is 0.256. The van der Waals surface area contributed by atoms with Gasteiger partial charge in [-0.05, 0) is 66.8 Å². The van der Waals surface area contributed by atoms with Gasteiger partial charge in [0, 0.05) is 24.8 Å². The quantitative estimate of drug-likeness (QED) is 0.437. The first-order valence-corrected chi connectivity index (χ1v) is 14.6. The highest BCUT2D eigenvalue weighted by Gasteiger charge is 2.31. The normalized spacial score (nSPS) is 15.3. The Morgan fingerprint density at radius 3 is 2.51 bits per heavy atom. The van der Waals surface area contributed by atoms with Gasteiger partial charge in [-0.25, -0.2) is 13.6 Å². The molecule has 0 radical (unpaired) electrons. The summed E-state index contributed by atoms with van der Waals surface area (Å²) in [6, 6.07) is 6.75. The number of aryl methyl sites for hydroxylation is 2. The Balaban J connectivity index is 1.34. The van der Waals surface area contributed by atoms with Crippen molar-refractivity contribution >= 4 is 39.0 Å². The van der Waals surface area contributed by atoms with E-state index in [0.29, 0.717) is 36.5 Å². The van der Waals surface area contributed by atoms with Crippen LogP contribution in [-0.2, 0) is 34.0 Å². The molecule has 9 nitrogen and oxygen atoms in total. The summed E-state index contributed by atoms with van der Waals surface area (Å²) in [7, 11) is -3.72. The molecule has 1 aromatic carbocycles. The van der Waals surface area contributed by atoms with Crippen LogP contribution in [0.2, 0.25) is 0 Å². The first-order valence-electron chi connectivity index (χ1n) is 11.4. The summed E-state index contributed by atoms with van der Waals surface area (Å²) >= 11 is 2.72. The van der Waals surface area contributed by atoms with E-state index in [9.17, 15) is 26.4 Å². The third-order valence-corrected chi connectivity index (χ3v) is 9.95. The Bertz CT molecular complexity index is 1370. The fourth-order valence-electron chi connectivity index (χ4n) is 4.04. The molecule has 4 rings (SSSR count). The van der Waals surface area contributed by atoms with Crippen molar-refractivity contribution in [3.05, 3.63) is 52.8 Å². The van der Waals surface area contributed by atoms with Gasteiger partial charge in [-0.2, -0.15) is 18.0 Å². The second-order valence-corrected chi connectivity index (χ2v) is 13.1. The minimum atomic E-state index is -4.49. The maximum Gasteiger partial charge on any atom is 0.416 e. The number of piperidine rings is 1. The molecular formula is C22H25F3N6O3S3. The number of benzene rings is 1. The van der Waals surface area contributed by atoms with E-state index in [0.717, 1.165) is 40.5 Å². The highest BCUT2D eigenvalue weighted by molar-refractivity contribution is 8.02. The number of alkyl halides is 3. The molecule has 1 fully saturated rings. The number of thiophene rings is 1. The maximum absolute atomic E-state index is 13.3. The lowest BCUT2D eigenvalue weighted by Gasteiger charge is -2.31. The zero-order valence-corrected chi connectivity index (χ0v) is 22.3. The largest absolute Gasteiger partial charge is 0.416 e. The molecule has 0 spiro atoms. The van der Waals surface area contributed by atoms with Gasteiger partial charge in [-0.1, -0.05) is 6.07 Å². The lowest BCUT2D eigenvalue weighted by atomic mass is 9.99. The number of nitrogens with two attached hydrogens (primary N) is 1. The van der Waals surface area contributed by atoms with E-state index in [1.807, 2.05) is 0 Å². The molecule has 15 heteroatoms. The van der Waals surface area contributed by atoms with Crippen molar-refractivity contribution in [1.29, 1.82) is 0 Å². The number of rotatable bonds is 8. The number of hydrogen-bond acceptors (Lipinski definition) is 8. The molecule has 3 aromatic rings. The molecule has 1 aliphatic heterocycles. The van der Waals surface area contributed by atoms with Gasteiger partial charge in [0.05, 0.1) is 16.3 Å². The number of carbonyl (C=O) groups is 1. The molecule has 3 heterocycles. The number of primary sulfonamides is 1. The van der Waals surface area contributed by atoms with Gasteiger partial charge in [0.1, 0.15) is 4.21 Å². The van der Waals surface area contributed by atoms with Crippen LogP contribution in [0.25, 0.3) is 0 Å². The van der Waals surface area contributed by atoms with Crippen LogP contribution in [0, 0.1) is 6.92 Å². The number of aromatic nitrogens is 4. The smallest absolute Gasteiger partial charge is 0.343 e. The molecule has 1 aliphatic rings. The Labute approximate surface area is 220 Å². The predicted octanol–water partition coefficient (Wildman–Crippen LogP) is 3.47. The number of thioether (sulfide) groups is 1. The van der Waals surface area contributed by atoms with E-state index in [1.54, 1.807) is 29.7 Å². The van der Waals surface area contributed by atoms with Crippen LogP contribution in [0.4, 0.5) is 13.2 Å². The molecule has 0 aliphatic carbocycles. The van der Waals surface area contributed by atoms with Crippen molar-refractivity contribution in [3.63, 3.8) is 0 Å². The lowest BCUT2D eigenvalue weighted by molar-refractivity contribution is -0.137. The van der Waals surface area contributed by atoms with Crippen molar-refractivity contribution < 1.29 is 26.4 Å². The van der Waals surface area contributed by atoms with E-state index in [-0.39, 0.29) is 28.3 Å². The maximum atomic E-state index is 13.3. The summed E-state index contributed by atoms with van der Waals surface area (Å²) in [6.45, 7) is 2.78. The topological polar surface area (TPSA) is 124 Å². The van der Waals surface area contributed by atoms with Crippen molar-refractivity contribution in [2.45, 2.75) is 59.0 Å². The van der Waals surface area contributed by atoms with Gasteiger partial charge < -0.3 is 4.90 Å². The average Bonchev–Trinajstić information content (AvgIpc) is 3.46. The monoisotopic (exact) mass is 574 g/mol. The number of likely N-dealkylation sites (tertiary alicyclic amines) is 1. The van der Waals surface area contributed by atoms with Gasteiger partial charge in [-0.3, -0.25) is 4.79 Å². The number of sulfonamides is 1. The Kier molecular flexibility index (Phi) is 8.26. The number of amides is 1. The van der Waals surface area contributed by atoms with E-state index in [1.165, 1.54) is 16.9 Å². The molecule has 2 aromatic heterocycles. The van der Waals surface area contributed by atoms with Gasteiger partial charge in [0.2, 0.25) is 15.9 Å². The average molecular weight is 575 g/mol. The Hall–Kier alpha value is -2.49. The van der Waals surface area contributed by atoms with Crippen LogP contribution < -0.4 is 5.14 Å². The van der Waals surface area contributed by atoms with Crippen LogP contribution in [0.15, 0.2) is 38.8 Å². The zero-order chi connectivity index (χ0) is 26.8. The second-order valence-electron chi connectivity index (χ2n) is 8.66. The van der Waals surface area contributed by atoms with Gasteiger partial charge >= 0.3 is 6.18 Å². The summed E-state index contributed by atoms with van der Waals surface area (Å²) in [5, 5.41) is 17.1. The first-order chi connectivity index (χ1) is 17.4. The van der Waals surface area contributed by atoms with Crippen LogP contribution >= 0.6 is 23.1 Å². The summed E-state index contributed by atoms with van der Waals surface area (Å²) in [4.78, 5) is 15.9. The molecule has 1 amide bonds. The van der Waals surface area contributed by atoms with Crippen LogP contribution in [0.3, 0.4) is 0 Å². The number of carbonyl (C=O) groups excluding carboxylic acids is 1. The van der Waals surface area contributed by atoms with Gasteiger partial charge in [-0.15, -0.1) is 33.3 Å². The third-order valence-electron chi connectivity index (χ3n) is 5.92. The SMILES string of the molecule is Cc1nnn(Cc2cc(C(F)(F)F)ccc2CCC(=O)N2CCC(Sc3ccc(S(N)(=O)=O)s3)CC2)n1. The number of nitrogens with zero attached hydrogens (tertiary/aromatic N) is 5. The predicted molar refractivity (Wildman–Crippen MR) is 133 cm³/mol. The molecule has 0 unspecified atom stereocenters. The molecule has 0 saturated carbocycles. The molecular weight excluding hydrogens is 549 g/mol. The minimum absolute atomic E-state index is 0.0206. The molecule has 0 bridgehead atoms. The third kappa shape index (κ3) is 7.30. The highest BCUT2D eigenvalue weighted by atomic mass is 32.3. The fraction of sp³-hybridized carbons (Fsp3) is 0.455. The summed E-state index contributed by atoms with van der Waals surface area (Å²) in [5.74, 6) is 0.353. The summed E-state index contributed by atoms with van der Waals surface area (Å²) < 4.78 is 63.8. The fourth-order valence-corrected chi connectivity index (χ4v) is 7.45. The van der Waals surface area contributed by atoms with E-state index >= 15 is 0 Å². The molecule has 0 atom stereocenters. The van der Waals surface area contributed by atoms with Crippen LogP contribution in [-0.4, -0.2) is 57.8 Å². The van der Waals surface area contributed by atoms with Crippen molar-refractivity contribution in [3.8, 4) is 0 Å². The Morgan fingerprint density at radius 2 is 1.92 bits per heavy atom. The second kappa shape index (κ2) is 11.1. The summed E-state index contributed by atoms with van der Waals surface area (Å²) in [6.07, 6.45) is -2.52. The van der Waals surface area contributed by atoms with Gasteiger partial charge in [0.15, 0.2) is 5.82 Å². The molecule has 2 N–H and O–H groups in total. The zero-order valence-electron chi connectivity index (χ0n) is 19.8. The minimum Gasteiger partial charge on any atom is -0.343 e. The van der Waals surface area contributed by atoms with E-state index in [2.05, 4.69) is 15.4 Å². The lowest BCUT2D eigenvalue weighted by Crippen LogP contribution is -2.39. The number of hydrogen-bond donors (Lipinski definition) is 1. The van der Waals surface area contributed by atoms with E-state index in [4.69, 9.17) is 5.14 Å². The number of halogens is 3. The Morgan fingerprint density at radius 1 is 1.19 bits per heavy atom. The van der Waals surface area contributed by atoms with Crippen molar-refractivity contribution in [2.75, 3.05) is 13.1 Å². The number of tetrazole rings is 1. The highest BCUT2D eigenvalue weighted by Crippen LogP contribution is 2.36. The van der Waals surface area contributed by atoms with Crippen molar-refractivity contribution in [1.82, 2.24) is 25.1 Å². The standard InChI is InChI=1S/C22H25F3N6O3S3/c1-14-27-29-31(28-14)13-16-12-17(22(23,24)25)4-2-15(16)3-5-19(32)30-10-8-18(9-11-30)35-20-6-7-21(36-20)37(26,33)34/h2,4,6-7,12,18H,3,5,8-11,13H2,1H3,(H2,26,33,34). The van der Waals surface area contributed by atoms with Crippen LogP contribution in [0.1, 0.15) is 41.8 Å². The van der Waals surface area contributed by atoms with Crippen molar-refractivity contribution in [2.24, 2.45) is 5.14 Å². The molecule has 37 heavy (non-hydrogen) atoms.